The lowest BCUT2D eigenvalue weighted by Gasteiger charge is -2.11. The molecule has 158 valence electrons. The predicted molar refractivity (Wildman–Crippen MR) is 123 cm³/mol. The molecule has 5 nitrogen and oxygen atoms in total. The monoisotopic (exact) mass is 535 g/mol. The van der Waals surface area contributed by atoms with E-state index in [1.807, 2.05) is 24.3 Å². The van der Waals surface area contributed by atoms with Crippen molar-refractivity contribution in [3.63, 3.8) is 0 Å². The van der Waals surface area contributed by atoms with Crippen LogP contribution in [0.25, 0.3) is 6.08 Å². The quantitative estimate of drug-likeness (QED) is 0.377. The number of aliphatic carboxylic acids is 1. The summed E-state index contributed by atoms with van der Waals surface area (Å²) in [7, 11) is 0. The average molecular weight is 537 g/mol. The van der Waals surface area contributed by atoms with E-state index in [-0.39, 0.29) is 11.6 Å². The molecule has 0 bridgehead atoms. The number of rotatable bonds is 8. The Hall–Kier alpha value is -2.12. The van der Waals surface area contributed by atoms with Crippen LogP contribution in [-0.4, -0.2) is 17.0 Å². The molecule has 0 atom stereocenters. The number of carboxylic acids is 1. The summed E-state index contributed by atoms with van der Waals surface area (Å²) in [6.07, 6.45) is 7.38. The summed E-state index contributed by atoms with van der Waals surface area (Å²) in [6, 6.07) is 12.7. The minimum atomic E-state index is -1.17. The smallest absolute Gasteiger partial charge is 0.352 e. The van der Waals surface area contributed by atoms with Crippen molar-refractivity contribution in [3.8, 4) is 11.5 Å². The van der Waals surface area contributed by atoms with Gasteiger partial charge in [-0.15, -0.1) is 0 Å². The Kier molecular flexibility index (Phi) is 8.10. The van der Waals surface area contributed by atoms with E-state index in [9.17, 15) is 14.7 Å². The summed E-state index contributed by atoms with van der Waals surface area (Å²) in [5, 5.41) is 12.0. The second-order valence-electron chi connectivity index (χ2n) is 7.32. The Balaban J connectivity index is 1.67. The molecule has 1 aliphatic carbocycles. The van der Waals surface area contributed by atoms with Crippen molar-refractivity contribution >= 4 is 49.8 Å². The molecule has 1 amide bonds. The van der Waals surface area contributed by atoms with E-state index in [0.717, 1.165) is 23.7 Å². The van der Waals surface area contributed by atoms with Crippen LogP contribution in [0.4, 0.5) is 0 Å². The zero-order valence-corrected chi connectivity index (χ0v) is 19.5. The second-order valence-corrected chi connectivity index (χ2v) is 9.03. The molecule has 7 heteroatoms. The van der Waals surface area contributed by atoms with E-state index < -0.39 is 5.97 Å². The highest BCUT2D eigenvalue weighted by Gasteiger charge is 2.18. The number of carbonyl (C=O) groups is 2. The molecule has 0 spiro atoms. The van der Waals surface area contributed by atoms with Crippen molar-refractivity contribution < 1.29 is 19.4 Å². The minimum Gasteiger partial charge on any atom is -0.477 e. The van der Waals surface area contributed by atoms with Crippen LogP contribution in [0.15, 0.2) is 57.1 Å². The molecule has 30 heavy (non-hydrogen) atoms. The maximum absolute atomic E-state index is 12.2. The lowest BCUT2D eigenvalue weighted by Crippen LogP contribution is -2.27. The molecule has 0 unspecified atom stereocenters. The summed E-state index contributed by atoms with van der Waals surface area (Å²) in [4.78, 5) is 23.8. The summed E-state index contributed by atoms with van der Waals surface area (Å²) in [5.74, 6) is 0.414. The van der Waals surface area contributed by atoms with Crippen LogP contribution in [0.5, 0.6) is 11.5 Å². The van der Waals surface area contributed by atoms with Crippen molar-refractivity contribution in [3.05, 3.63) is 62.7 Å². The van der Waals surface area contributed by atoms with Gasteiger partial charge in [0.15, 0.2) is 0 Å². The Morgan fingerprint density at radius 2 is 1.77 bits per heavy atom. The fourth-order valence-electron chi connectivity index (χ4n) is 3.50. The third-order valence-electron chi connectivity index (χ3n) is 5.08. The summed E-state index contributed by atoms with van der Waals surface area (Å²) in [5.41, 5.74) is 0.493. The normalized spacial score (nSPS) is 14.5. The molecule has 0 aromatic heterocycles. The highest BCUT2D eigenvalue weighted by molar-refractivity contribution is 9.11. The van der Waals surface area contributed by atoms with Crippen molar-refractivity contribution in [1.82, 2.24) is 5.32 Å². The Labute approximate surface area is 192 Å². The largest absolute Gasteiger partial charge is 0.477 e. The van der Waals surface area contributed by atoms with Crippen LogP contribution < -0.4 is 10.1 Å². The standard InChI is InChI=1S/C23H23Br2NO4/c24-17-7-3-4-8-20(17)30-21-11-9-16(13-18(21)25)14-19(23(28)29)26-22(27)12-10-15-5-1-2-6-15/h3-4,7-9,11,13-15H,1-2,5-6,10,12H2,(H,26,27)(H,28,29)/b19-14-. The van der Waals surface area contributed by atoms with E-state index in [2.05, 4.69) is 37.2 Å². The third-order valence-corrected chi connectivity index (χ3v) is 6.36. The number of para-hydroxylation sites is 1. The number of ether oxygens (including phenoxy) is 1. The van der Waals surface area contributed by atoms with E-state index in [1.54, 1.807) is 18.2 Å². The first kappa shape index (κ1) is 22.6. The number of hydrogen-bond acceptors (Lipinski definition) is 3. The SMILES string of the molecule is O=C(CCC1CCCC1)N/C(=C\c1ccc(Oc2ccccc2Br)c(Br)c1)C(=O)O. The van der Waals surface area contributed by atoms with Gasteiger partial charge in [-0.25, -0.2) is 4.79 Å². The molecular weight excluding hydrogens is 514 g/mol. The Bertz CT molecular complexity index is 952. The van der Waals surface area contributed by atoms with Crippen LogP contribution in [0.3, 0.4) is 0 Å². The van der Waals surface area contributed by atoms with Crippen LogP contribution >= 0.6 is 31.9 Å². The summed E-state index contributed by atoms with van der Waals surface area (Å²) in [6.45, 7) is 0. The number of halogens is 2. The number of hydrogen-bond donors (Lipinski definition) is 2. The van der Waals surface area contributed by atoms with Gasteiger partial charge in [-0.3, -0.25) is 4.79 Å². The topological polar surface area (TPSA) is 75.6 Å². The molecule has 0 heterocycles. The molecule has 2 aromatic rings. The molecule has 1 saturated carbocycles. The van der Waals surface area contributed by atoms with Gasteiger partial charge in [0.05, 0.1) is 8.95 Å². The molecule has 1 fully saturated rings. The molecule has 2 aromatic carbocycles. The maximum Gasteiger partial charge on any atom is 0.352 e. The molecule has 1 aliphatic rings. The second kappa shape index (κ2) is 10.8. The van der Waals surface area contributed by atoms with Crippen molar-refractivity contribution in [2.45, 2.75) is 38.5 Å². The van der Waals surface area contributed by atoms with Gasteiger partial charge in [-0.2, -0.15) is 0 Å². The average Bonchev–Trinajstić information content (AvgIpc) is 3.23. The van der Waals surface area contributed by atoms with Gasteiger partial charge in [0.25, 0.3) is 0 Å². The first-order chi connectivity index (χ1) is 14.4. The minimum absolute atomic E-state index is 0.141. The number of benzene rings is 2. The molecule has 0 saturated heterocycles. The van der Waals surface area contributed by atoms with Gasteiger partial charge in [-0.05, 0) is 80.1 Å². The van der Waals surface area contributed by atoms with Crippen LogP contribution in [0.2, 0.25) is 0 Å². The lowest BCUT2D eigenvalue weighted by atomic mass is 10.0. The Morgan fingerprint density at radius 1 is 1.07 bits per heavy atom. The van der Waals surface area contributed by atoms with Crippen LogP contribution in [0, 0.1) is 5.92 Å². The van der Waals surface area contributed by atoms with Gasteiger partial charge in [-0.1, -0.05) is 43.9 Å². The molecule has 3 rings (SSSR count). The fourth-order valence-corrected chi connectivity index (χ4v) is 4.34. The predicted octanol–water partition coefficient (Wildman–Crippen LogP) is 6.52. The zero-order valence-electron chi connectivity index (χ0n) is 16.4. The van der Waals surface area contributed by atoms with E-state index in [0.29, 0.717) is 33.9 Å². The maximum atomic E-state index is 12.2. The summed E-state index contributed by atoms with van der Waals surface area (Å²) >= 11 is 6.91. The molecule has 0 radical (unpaired) electrons. The van der Waals surface area contributed by atoms with Gasteiger partial charge in [0, 0.05) is 6.42 Å². The molecular formula is C23H23Br2NO4. The van der Waals surface area contributed by atoms with E-state index in [1.165, 1.54) is 18.9 Å². The third kappa shape index (κ3) is 6.44. The fraction of sp³-hybridized carbons (Fsp3) is 0.304. The van der Waals surface area contributed by atoms with E-state index >= 15 is 0 Å². The Morgan fingerprint density at radius 3 is 2.43 bits per heavy atom. The van der Waals surface area contributed by atoms with Crippen LogP contribution in [-0.2, 0) is 9.59 Å². The zero-order chi connectivity index (χ0) is 21.5. The number of carboxylic acid groups (broad SMARTS) is 1. The van der Waals surface area contributed by atoms with Gasteiger partial charge >= 0.3 is 5.97 Å². The number of nitrogens with one attached hydrogen (secondary N) is 1. The van der Waals surface area contributed by atoms with Gasteiger partial charge < -0.3 is 15.2 Å². The van der Waals surface area contributed by atoms with E-state index in [4.69, 9.17) is 4.74 Å². The lowest BCUT2D eigenvalue weighted by molar-refractivity contribution is -0.134. The highest BCUT2D eigenvalue weighted by atomic mass is 79.9. The van der Waals surface area contributed by atoms with Gasteiger partial charge in [0.2, 0.25) is 5.91 Å². The number of amides is 1. The van der Waals surface area contributed by atoms with Crippen LogP contribution in [0.1, 0.15) is 44.1 Å². The highest BCUT2D eigenvalue weighted by Crippen LogP contribution is 2.34. The summed E-state index contributed by atoms with van der Waals surface area (Å²) < 4.78 is 7.39. The van der Waals surface area contributed by atoms with Crippen molar-refractivity contribution in [2.24, 2.45) is 5.92 Å². The molecule has 2 N–H and O–H groups in total. The first-order valence-electron chi connectivity index (χ1n) is 9.89. The number of carbonyl (C=O) groups excluding carboxylic acids is 1. The first-order valence-corrected chi connectivity index (χ1v) is 11.5. The van der Waals surface area contributed by atoms with Gasteiger partial charge in [0.1, 0.15) is 17.2 Å². The molecule has 0 aliphatic heterocycles. The van der Waals surface area contributed by atoms with Crippen molar-refractivity contribution in [1.29, 1.82) is 0 Å². The van der Waals surface area contributed by atoms with Crippen molar-refractivity contribution in [2.75, 3.05) is 0 Å².